The summed E-state index contributed by atoms with van der Waals surface area (Å²) in [5, 5.41) is 1.36. The molecule has 1 aromatic carbocycles. The number of hydrogen-bond acceptors (Lipinski definition) is 1. The Balaban J connectivity index is 2.08. The zero-order valence-corrected chi connectivity index (χ0v) is 9.83. The van der Waals surface area contributed by atoms with E-state index in [4.69, 9.17) is 5.73 Å². The van der Waals surface area contributed by atoms with Crippen LogP contribution in [-0.4, -0.2) is 11.5 Å². The fraction of sp³-hybridized carbons (Fsp3) is 0.429. The van der Waals surface area contributed by atoms with E-state index in [0.717, 1.165) is 6.54 Å². The smallest absolute Gasteiger partial charge is 0.0456 e. The number of H-pyrrole nitrogens is 1. The first-order chi connectivity index (χ1) is 7.66. The average molecular weight is 214 g/mol. The number of nitrogens with two attached hydrogens (primary N) is 1. The third-order valence-electron chi connectivity index (χ3n) is 4.26. The highest BCUT2D eigenvalue weighted by Gasteiger charge is 2.57. The van der Waals surface area contributed by atoms with E-state index in [2.05, 4.69) is 49.3 Å². The highest BCUT2D eigenvalue weighted by Crippen LogP contribution is 2.64. The van der Waals surface area contributed by atoms with Crippen molar-refractivity contribution in [2.45, 2.75) is 19.8 Å². The van der Waals surface area contributed by atoms with Crippen LogP contribution in [0.2, 0.25) is 0 Å². The number of nitrogens with one attached hydrogen (secondary N) is 1. The summed E-state index contributed by atoms with van der Waals surface area (Å²) in [4.78, 5) is 3.35. The van der Waals surface area contributed by atoms with Crippen LogP contribution < -0.4 is 5.73 Å². The van der Waals surface area contributed by atoms with Gasteiger partial charge in [0.1, 0.15) is 0 Å². The van der Waals surface area contributed by atoms with Crippen molar-refractivity contribution >= 4 is 10.9 Å². The molecule has 16 heavy (non-hydrogen) atoms. The van der Waals surface area contributed by atoms with Gasteiger partial charge in [0.05, 0.1) is 0 Å². The lowest BCUT2D eigenvalue weighted by molar-refractivity contribution is 0.559. The van der Waals surface area contributed by atoms with Crippen LogP contribution in [0.3, 0.4) is 0 Å². The molecule has 1 aliphatic rings. The Hall–Kier alpha value is -1.28. The summed E-state index contributed by atoms with van der Waals surface area (Å²) in [6.45, 7) is 5.42. The van der Waals surface area contributed by atoms with Crippen molar-refractivity contribution in [3.63, 3.8) is 0 Å². The van der Waals surface area contributed by atoms with Gasteiger partial charge < -0.3 is 10.7 Å². The highest BCUT2D eigenvalue weighted by molar-refractivity contribution is 5.84. The summed E-state index contributed by atoms with van der Waals surface area (Å²) >= 11 is 0. The van der Waals surface area contributed by atoms with E-state index in [1.165, 1.54) is 16.5 Å². The van der Waals surface area contributed by atoms with Gasteiger partial charge in [-0.05, 0) is 35.4 Å². The highest BCUT2D eigenvalue weighted by atomic mass is 14.7. The molecule has 2 atom stereocenters. The van der Waals surface area contributed by atoms with Crippen LogP contribution in [-0.2, 0) is 0 Å². The predicted molar refractivity (Wildman–Crippen MR) is 67.4 cm³/mol. The molecule has 0 saturated heterocycles. The molecule has 3 rings (SSSR count). The SMILES string of the molecule is CC1(C)C(CN)C1c1c[nH]c2ccccc12. The van der Waals surface area contributed by atoms with Crippen molar-refractivity contribution in [1.82, 2.24) is 4.98 Å². The Labute approximate surface area is 95.8 Å². The van der Waals surface area contributed by atoms with E-state index in [1.807, 2.05) is 0 Å². The Morgan fingerprint density at radius 2 is 2.06 bits per heavy atom. The quantitative estimate of drug-likeness (QED) is 0.793. The van der Waals surface area contributed by atoms with Crippen LogP contribution in [0, 0.1) is 11.3 Å². The Kier molecular flexibility index (Phi) is 1.93. The first-order valence-corrected chi connectivity index (χ1v) is 5.92. The fourth-order valence-corrected chi connectivity index (χ4v) is 3.15. The monoisotopic (exact) mass is 214 g/mol. The van der Waals surface area contributed by atoms with Gasteiger partial charge in [-0.25, -0.2) is 0 Å². The van der Waals surface area contributed by atoms with E-state index >= 15 is 0 Å². The molecular weight excluding hydrogens is 196 g/mol. The first-order valence-electron chi connectivity index (χ1n) is 5.92. The van der Waals surface area contributed by atoms with Crippen molar-refractivity contribution in [3.8, 4) is 0 Å². The Morgan fingerprint density at radius 3 is 2.75 bits per heavy atom. The number of rotatable bonds is 2. The molecule has 3 N–H and O–H groups in total. The molecule has 1 saturated carbocycles. The molecule has 0 bridgehead atoms. The van der Waals surface area contributed by atoms with Crippen LogP contribution in [0.25, 0.3) is 10.9 Å². The van der Waals surface area contributed by atoms with Gasteiger partial charge in [0, 0.05) is 17.1 Å². The summed E-state index contributed by atoms with van der Waals surface area (Å²) in [7, 11) is 0. The van der Waals surface area contributed by atoms with Gasteiger partial charge in [-0.2, -0.15) is 0 Å². The maximum atomic E-state index is 5.84. The molecule has 1 fully saturated rings. The van der Waals surface area contributed by atoms with Gasteiger partial charge in [0.15, 0.2) is 0 Å². The number of hydrogen-bond donors (Lipinski definition) is 2. The molecule has 0 amide bonds. The zero-order valence-electron chi connectivity index (χ0n) is 9.83. The van der Waals surface area contributed by atoms with Crippen LogP contribution in [0.1, 0.15) is 25.3 Å². The van der Waals surface area contributed by atoms with Gasteiger partial charge in [0.2, 0.25) is 0 Å². The van der Waals surface area contributed by atoms with Crippen molar-refractivity contribution < 1.29 is 0 Å². The second-order valence-electron chi connectivity index (χ2n) is 5.43. The van der Waals surface area contributed by atoms with Gasteiger partial charge in [-0.3, -0.25) is 0 Å². The van der Waals surface area contributed by atoms with E-state index in [9.17, 15) is 0 Å². The average Bonchev–Trinajstić information content (AvgIpc) is 2.66. The minimum atomic E-state index is 0.361. The molecule has 2 unspecified atom stereocenters. The summed E-state index contributed by atoms with van der Waals surface area (Å²) < 4.78 is 0. The molecule has 0 radical (unpaired) electrons. The molecular formula is C14H18N2. The van der Waals surface area contributed by atoms with E-state index < -0.39 is 0 Å². The summed E-state index contributed by atoms with van der Waals surface area (Å²) in [5.41, 5.74) is 8.87. The van der Waals surface area contributed by atoms with Crippen LogP contribution in [0.4, 0.5) is 0 Å². The summed E-state index contributed by atoms with van der Waals surface area (Å²) in [6.07, 6.45) is 2.16. The topological polar surface area (TPSA) is 41.8 Å². The molecule has 1 aliphatic carbocycles. The second kappa shape index (κ2) is 3.11. The Bertz CT molecular complexity index is 524. The third-order valence-corrected chi connectivity index (χ3v) is 4.26. The van der Waals surface area contributed by atoms with Crippen LogP contribution in [0.5, 0.6) is 0 Å². The fourth-order valence-electron chi connectivity index (χ4n) is 3.15. The third kappa shape index (κ3) is 1.17. The van der Waals surface area contributed by atoms with Gasteiger partial charge in [-0.1, -0.05) is 32.0 Å². The van der Waals surface area contributed by atoms with Gasteiger partial charge in [-0.15, -0.1) is 0 Å². The molecule has 84 valence electrons. The second-order valence-corrected chi connectivity index (χ2v) is 5.43. The normalized spacial score (nSPS) is 27.2. The van der Waals surface area contributed by atoms with E-state index in [0.29, 0.717) is 17.3 Å². The zero-order chi connectivity index (χ0) is 11.3. The molecule has 1 aromatic heterocycles. The summed E-state index contributed by atoms with van der Waals surface area (Å²) in [5.74, 6) is 1.25. The summed E-state index contributed by atoms with van der Waals surface area (Å²) in [6, 6.07) is 8.50. The van der Waals surface area contributed by atoms with Crippen molar-refractivity contribution in [2.24, 2.45) is 17.1 Å². The molecule has 2 aromatic rings. The molecule has 2 heteroatoms. The lowest BCUT2D eigenvalue weighted by Gasteiger charge is -2.01. The van der Waals surface area contributed by atoms with Crippen LogP contribution in [0.15, 0.2) is 30.5 Å². The first kappa shape index (κ1) is 9.91. The predicted octanol–water partition coefficient (Wildman–Crippen LogP) is 2.87. The number of para-hydroxylation sites is 1. The van der Waals surface area contributed by atoms with Crippen molar-refractivity contribution in [3.05, 3.63) is 36.0 Å². The number of aromatic nitrogens is 1. The number of aromatic amines is 1. The van der Waals surface area contributed by atoms with Crippen molar-refractivity contribution in [1.29, 1.82) is 0 Å². The number of benzene rings is 1. The van der Waals surface area contributed by atoms with Gasteiger partial charge in [0.25, 0.3) is 0 Å². The van der Waals surface area contributed by atoms with Crippen LogP contribution >= 0.6 is 0 Å². The largest absolute Gasteiger partial charge is 0.361 e. The standard InChI is InChI=1S/C14H18N2/c1-14(2)11(7-15)13(14)10-8-16-12-6-4-3-5-9(10)12/h3-6,8,11,13,16H,7,15H2,1-2H3. The maximum Gasteiger partial charge on any atom is 0.0456 e. The maximum absolute atomic E-state index is 5.84. The van der Waals surface area contributed by atoms with Crippen molar-refractivity contribution in [2.75, 3.05) is 6.54 Å². The molecule has 2 nitrogen and oxygen atoms in total. The molecule has 0 spiro atoms. The molecule has 0 aliphatic heterocycles. The number of fused-ring (bicyclic) bond motifs is 1. The van der Waals surface area contributed by atoms with E-state index in [1.54, 1.807) is 0 Å². The lowest BCUT2D eigenvalue weighted by Crippen LogP contribution is -2.05. The van der Waals surface area contributed by atoms with Gasteiger partial charge >= 0.3 is 0 Å². The lowest BCUT2D eigenvalue weighted by atomic mass is 10.0. The van der Waals surface area contributed by atoms with E-state index in [-0.39, 0.29) is 0 Å². The minimum absolute atomic E-state index is 0.361. The Morgan fingerprint density at radius 1 is 1.31 bits per heavy atom. The molecule has 1 heterocycles. The minimum Gasteiger partial charge on any atom is -0.361 e.